The number of hydrogen-bond acceptors (Lipinski definition) is 6. The van der Waals surface area contributed by atoms with Crippen LogP contribution >= 0.6 is 22.9 Å². The van der Waals surface area contributed by atoms with E-state index in [9.17, 15) is 14.4 Å². The lowest BCUT2D eigenvalue weighted by molar-refractivity contribution is -0.160. The van der Waals surface area contributed by atoms with E-state index in [0.29, 0.717) is 15.6 Å². The summed E-state index contributed by atoms with van der Waals surface area (Å²) in [5, 5.41) is 0. The molecule has 0 N–H and O–H groups in total. The van der Waals surface area contributed by atoms with Gasteiger partial charge in [0.15, 0.2) is 5.78 Å². The van der Waals surface area contributed by atoms with Gasteiger partial charge >= 0.3 is 11.9 Å². The molecule has 1 fully saturated rings. The highest BCUT2D eigenvalue weighted by molar-refractivity contribution is 7.18. The van der Waals surface area contributed by atoms with Crippen molar-refractivity contribution >= 4 is 40.7 Å². The number of cyclic esters (lactones) is 1. The molecule has 0 aromatic carbocycles. The number of ether oxygens (including phenoxy) is 2. The van der Waals surface area contributed by atoms with Crippen LogP contribution in [0.3, 0.4) is 0 Å². The van der Waals surface area contributed by atoms with Gasteiger partial charge in [0.05, 0.1) is 15.6 Å². The van der Waals surface area contributed by atoms with E-state index in [1.165, 1.54) is 11.3 Å². The molecule has 0 radical (unpaired) electrons. The Morgan fingerprint density at radius 1 is 1.45 bits per heavy atom. The highest BCUT2D eigenvalue weighted by Crippen LogP contribution is 2.23. The summed E-state index contributed by atoms with van der Waals surface area (Å²) < 4.78 is 10.4. The Morgan fingerprint density at radius 3 is 2.75 bits per heavy atom. The highest BCUT2D eigenvalue weighted by atomic mass is 35.5. The van der Waals surface area contributed by atoms with Crippen molar-refractivity contribution in [3.63, 3.8) is 0 Å². The van der Waals surface area contributed by atoms with Crippen molar-refractivity contribution < 1.29 is 23.9 Å². The van der Waals surface area contributed by atoms with Gasteiger partial charge in [-0.25, -0.2) is 4.79 Å². The number of hydrogen-bond donors (Lipinski definition) is 0. The van der Waals surface area contributed by atoms with Crippen LogP contribution in [0.25, 0.3) is 0 Å². The topological polar surface area (TPSA) is 69.7 Å². The lowest BCUT2D eigenvalue weighted by Gasteiger charge is -2.07. The maximum atomic E-state index is 11.8. The van der Waals surface area contributed by atoms with Gasteiger partial charge in [0, 0.05) is 12.8 Å². The van der Waals surface area contributed by atoms with Crippen LogP contribution in [0.4, 0.5) is 0 Å². The van der Waals surface area contributed by atoms with Crippen molar-refractivity contribution in [2.45, 2.75) is 38.4 Å². The van der Waals surface area contributed by atoms with E-state index < -0.39 is 18.0 Å². The fourth-order valence-electron chi connectivity index (χ4n) is 1.84. The molecular weight excluding hydrogens is 304 g/mol. The average Bonchev–Trinajstić information content (AvgIpc) is 2.93. The Bertz CT molecular complexity index is 539. The van der Waals surface area contributed by atoms with Crippen molar-refractivity contribution in [2.24, 2.45) is 0 Å². The first kappa shape index (κ1) is 15.0. The third-order valence-electron chi connectivity index (χ3n) is 2.80. The van der Waals surface area contributed by atoms with Gasteiger partial charge in [-0.05, 0) is 19.1 Å². The van der Waals surface area contributed by atoms with E-state index in [1.54, 1.807) is 19.1 Å². The molecule has 1 aliphatic rings. The van der Waals surface area contributed by atoms with E-state index in [4.69, 9.17) is 21.1 Å². The molecule has 0 bridgehead atoms. The lowest BCUT2D eigenvalue weighted by Crippen LogP contribution is -2.22. The number of esters is 2. The molecule has 0 aliphatic carbocycles. The van der Waals surface area contributed by atoms with Gasteiger partial charge in [-0.15, -0.1) is 11.3 Å². The molecule has 20 heavy (non-hydrogen) atoms. The minimum Gasteiger partial charge on any atom is -0.460 e. The van der Waals surface area contributed by atoms with Gasteiger partial charge in [-0.1, -0.05) is 11.6 Å². The van der Waals surface area contributed by atoms with Crippen LogP contribution in [0.1, 0.15) is 35.9 Å². The molecular formula is C13H13ClO5S. The summed E-state index contributed by atoms with van der Waals surface area (Å²) in [6.07, 6.45) is -0.752. The maximum Gasteiger partial charge on any atom is 0.347 e. The Balaban J connectivity index is 1.78. The van der Waals surface area contributed by atoms with Gasteiger partial charge in [0.1, 0.15) is 6.10 Å². The van der Waals surface area contributed by atoms with Crippen LogP contribution < -0.4 is 0 Å². The Labute approximate surface area is 124 Å². The summed E-state index contributed by atoms with van der Waals surface area (Å²) >= 11 is 6.90. The molecule has 5 nitrogen and oxygen atoms in total. The molecule has 0 saturated carbocycles. The first-order valence-electron chi connectivity index (χ1n) is 6.14. The van der Waals surface area contributed by atoms with Gasteiger partial charge in [0.25, 0.3) is 0 Å². The number of rotatable bonds is 5. The van der Waals surface area contributed by atoms with Crippen LogP contribution in [0.15, 0.2) is 12.1 Å². The van der Waals surface area contributed by atoms with Gasteiger partial charge < -0.3 is 9.47 Å². The first-order chi connectivity index (χ1) is 9.45. The van der Waals surface area contributed by atoms with Crippen LogP contribution in [0.5, 0.6) is 0 Å². The van der Waals surface area contributed by atoms with E-state index in [1.807, 2.05) is 0 Å². The van der Waals surface area contributed by atoms with Crippen molar-refractivity contribution in [3.8, 4) is 0 Å². The largest absolute Gasteiger partial charge is 0.460 e. The number of Topliss-reactive ketones (excluding diaryl/α,β-unsaturated/α-hetero) is 1. The molecule has 0 spiro atoms. The number of thiophene rings is 1. The van der Waals surface area contributed by atoms with E-state index in [-0.39, 0.29) is 24.7 Å². The number of carbonyl (C=O) groups is 3. The molecule has 1 aromatic heterocycles. The summed E-state index contributed by atoms with van der Waals surface area (Å²) in [7, 11) is 0. The van der Waals surface area contributed by atoms with Crippen LogP contribution in [0, 0.1) is 0 Å². The normalized spacial score (nSPS) is 21.6. The molecule has 7 heteroatoms. The Hall–Kier alpha value is -1.40. The Morgan fingerprint density at radius 2 is 2.20 bits per heavy atom. The summed E-state index contributed by atoms with van der Waals surface area (Å²) in [4.78, 5) is 35.2. The maximum absolute atomic E-state index is 11.8. The third kappa shape index (κ3) is 3.80. The fourth-order valence-corrected chi connectivity index (χ4v) is 2.85. The Kier molecular flexibility index (Phi) is 4.77. The highest BCUT2D eigenvalue weighted by Gasteiger charge is 2.34. The second kappa shape index (κ2) is 6.37. The van der Waals surface area contributed by atoms with E-state index in [0.717, 1.165) is 0 Å². The van der Waals surface area contributed by atoms with Crippen molar-refractivity contribution in [1.29, 1.82) is 0 Å². The second-order valence-electron chi connectivity index (χ2n) is 4.49. The first-order valence-corrected chi connectivity index (χ1v) is 7.33. The molecule has 2 heterocycles. The average molecular weight is 317 g/mol. The quantitative estimate of drug-likeness (QED) is 0.617. The number of halogens is 1. The van der Waals surface area contributed by atoms with Gasteiger partial charge in [0.2, 0.25) is 6.10 Å². The molecule has 2 atom stereocenters. The van der Waals surface area contributed by atoms with Crippen LogP contribution in [-0.2, 0) is 19.1 Å². The van der Waals surface area contributed by atoms with Gasteiger partial charge in [-0.3, -0.25) is 9.59 Å². The van der Waals surface area contributed by atoms with E-state index in [2.05, 4.69) is 0 Å². The zero-order chi connectivity index (χ0) is 14.7. The smallest absolute Gasteiger partial charge is 0.347 e. The van der Waals surface area contributed by atoms with Crippen molar-refractivity contribution in [3.05, 3.63) is 21.3 Å². The standard InChI is InChI=1S/C13H13ClO5S/c1-7-6-9(13(17)18-7)19-12(16)5-2-8(15)10-3-4-11(14)20-10/h3-4,7,9H,2,5-6H2,1H3/t7-,9+/m0/s1. The minimum absolute atomic E-state index is 0.0347. The number of ketones is 1. The number of carbonyl (C=O) groups excluding carboxylic acids is 3. The minimum atomic E-state index is -0.844. The van der Waals surface area contributed by atoms with Gasteiger partial charge in [-0.2, -0.15) is 0 Å². The predicted molar refractivity (Wildman–Crippen MR) is 72.9 cm³/mol. The van der Waals surface area contributed by atoms with E-state index >= 15 is 0 Å². The van der Waals surface area contributed by atoms with Crippen molar-refractivity contribution in [2.75, 3.05) is 0 Å². The van der Waals surface area contributed by atoms with Crippen molar-refractivity contribution in [1.82, 2.24) is 0 Å². The SMILES string of the molecule is C[C@H]1C[C@@H](OC(=O)CCC(=O)c2ccc(Cl)s2)C(=O)O1. The molecule has 2 rings (SSSR count). The fraction of sp³-hybridized carbons (Fsp3) is 0.462. The summed E-state index contributed by atoms with van der Waals surface area (Å²) in [6.45, 7) is 1.73. The summed E-state index contributed by atoms with van der Waals surface area (Å²) in [5.41, 5.74) is 0. The van der Waals surface area contributed by atoms with Crippen LogP contribution in [-0.4, -0.2) is 29.9 Å². The predicted octanol–water partition coefficient (Wildman–Crippen LogP) is 2.61. The summed E-state index contributed by atoms with van der Waals surface area (Å²) in [6, 6.07) is 3.25. The molecule has 0 unspecified atom stereocenters. The molecule has 0 amide bonds. The molecule has 1 saturated heterocycles. The third-order valence-corrected chi connectivity index (χ3v) is 4.08. The molecule has 108 valence electrons. The second-order valence-corrected chi connectivity index (χ2v) is 6.20. The molecule has 1 aliphatic heterocycles. The summed E-state index contributed by atoms with van der Waals surface area (Å²) in [5.74, 6) is -1.26. The molecule has 1 aromatic rings. The lowest BCUT2D eigenvalue weighted by atomic mass is 10.2. The zero-order valence-corrected chi connectivity index (χ0v) is 12.3. The zero-order valence-electron chi connectivity index (χ0n) is 10.8. The monoisotopic (exact) mass is 316 g/mol. The van der Waals surface area contributed by atoms with Crippen LogP contribution in [0.2, 0.25) is 4.34 Å².